The van der Waals surface area contributed by atoms with Crippen LogP contribution in [-0.2, 0) is 14.3 Å². The van der Waals surface area contributed by atoms with E-state index in [4.69, 9.17) is 4.74 Å². The standard InChI is InChI=1S/C24H20NO3PS/c1-28-24(27)22(23-25-21(26)17-30-23)29(18-11-5-2-6-12-18,19-13-7-3-8-14-19)20-15-9-4-10-16-20/h2-16H,17H2,1H3. The fraction of sp³-hybridized carbons (Fsp3) is 0.0833. The molecular weight excluding hydrogens is 413 g/mol. The highest BCUT2D eigenvalue weighted by atomic mass is 32.2. The van der Waals surface area contributed by atoms with Gasteiger partial charge in [-0.2, -0.15) is 0 Å². The van der Waals surface area contributed by atoms with Crippen LogP contribution in [0.2, 0.25) is 0 Å². The van der Waals surface area contributed by atoms with E-state index >= 15 is 0 Å². The van der Waals surface area contributed by atoms with Crippen LogP contribution in [0.1, 0.15) is 0 Å². The molecule has 4 rings (SSSR count). The monoisotopic (exact) mass is 433 g/mol. The van der Waals surface area contributed by atoms with E-state index in [1.54, 1.807) is 0 Å². The molecular formula is C24H20NO3PS. The lowest BCUT2D eigenvalue weighted by Crippen LogP contribution is -2.37. The maximum Gasteiger partial charge on any atom is 0.341 e. The number of benzene rings is 3. The van der Waals surface area contributed by atoms with E-state index in [1.807, 2.05) is 91.0 Å². The fourth-order valence-electron chi connectivity index (χ4n) is 3.68. The maximum absolute atomic E-state index is 13.3. The van der Waals surface area contributed by atoms with Crippen LogP contribution in [0.15, 0.2) is 96.0 Å². The van der Waals surface area contributed by atoms with Crippen molar-refractivity contribution >= 4 is 56.8 Å². The molecule has 6 heteroatoms. The number of esters is 1. The van der Waals surface area contributed by atoms with E-state index in [0.717, 1.165) is 15.9 Å². The van der Waals surface area contributed by atoms with Crippen LogP contribution < -0.4 is 15.9 Å². The van der Waals surface area contributed by atoms with Gasteiger partial charge in [-0.25, -0.2) is 9.79 Å². The number of nitrogens with zero attached hydrogens (tertiary/aromatic N) is 1. The molecule has 30 heavy (non-hydrogen) atoms. The Balaban J connectivity index is 2.28. The van der Waals surface area contributed by atoms with Crippen LogP contribution in [0.3, 0.4) is 0 Å². The second kappa shape index (κ2) is 8.86. The molecule has 0 N–H and O–H groups in total. The number of ether oxygens (including phenoxy) is 1. The van der Waals surface area contributed by atoms with E-state index in [-0.39, 0.29) is 11.7 Å². The lowest BCUT2D eigenvalue weighted by Gasteiger charge is -2.31. The SMILES string of the molecule is COC(=O)C(C1=NC(=O)CS1)=P(c1ccccc1)(c1ccccc1)c1ccccc1. The van der Waals surface area contributed by atoms with Crippen LogP contribution in [0.5, 0.6) is 0 Å². The molecule has 0 aromatic heterocycles. The summed E-state index contributed by atoms with van der Waals surface area (Å²) in [5.74, 6) is -0.460. The zero-order valence-corrected chi connectivity index (χ0v) is 18.1. The van der Waals surface area contributed by atoms with E-state index in [2.05, 4.69) is 4.99 Å². The molecule has 1 heterocycles. The van der Waals surface area contributed by atoms with Crippen LogP contribution in [-0.4, -0.2) is 35.1 Å². The molecule has 3 aromatic rings. The fourth-order valence-corrected chi connectivity index (χ4v) is 9.23. The minimum Gasteiger partial charge on any atom is -0.465 e. The van der Waals surface area contributed by atoms with Crippen molar-refractivity contribution in [2.45, 2.75) is 0 Å². The lowest BCUT2D eigenvalue weighted by molar-refractivity contribution is -0.132. The van der Waals surface area contributed by atoms with Crippen molar-refractivity contribution in [3.8, 4) is 0 Å². The first-order chi connectivity index (χ1) is 14.7. The first kappa shape index (κ1) is 20.4. The van der Waals surface area contributed by atoms with Gasteiger partial charge in [-0.1, -0.05) is 103 Å². The quantitative estimate of drug-likeness (QED) is 0.459. The Kier molecular flexibility index (Phi) is 6.03. The summed E-state index contributed by atoms with van der Waals surface area (Å²) in [7, 11) is 1.37. The largest absolute Gasteiger partial charge is 0.465 e. The van der Waals surface area contributed by atoms with Gasteiger partial charge in [-0.15, -0.1) is 0 Å². The molecule has 1 amide bonds. The highest BCUT2D eigenvalue weighted by Gasteiger charge is 2.38. The summed E-state index contributed by atoms with van der Waals surface area (Å²) in [4.78, 5) is 29.6. The molecule has 0 spiro atoms. The topological polar surface area (TPSA) is 55.7 Å². The maximum atomic E-state index is 13.3. The van der Waals surface area contributed by atoms with Crippen molar-refractivity contribution in [3.63, 3.8) is 0 Å². The van der Waals surface area contributed by atoms with Gasteiger partial charge in [0.15, 0.2) is 0 Å². The summed E-state index contributed by atoms with van der Waals surface area (Å²) in [6, 6.07) is 29.9. The van der Waals surface area contributed by atoms with Gasteiger partial charge < -0.3 is 4.74 Å². The molecule has 0 fully saturated rings. The van der Waals surface area contributed by atoms with Crippen molar-refractivity contribution in [1.29, 1.82) is 0 Å². The minimum absolute atomic E-state index is 0.230. The Morgan fingerprint density at radius 1 is 0.833 bits per heavy atom. The smallest absolute Gasteiger partial charge is 0.341 e. The number of hydrogen-bond donors (Lipinski definition) is 0. The third-order valence-corrected chi connectivity index (χ3v) is 10.3. The second-order valence-electron chi connectivity index (χ2n) is 6.62. The Hall–Kier alpha value is -2.88. The number of carbonyl (C=O) groups excluding carboxylic acids is 2. The van der Waals surface area contributed by atoms with Crippen molar-refractivity contribution in [2.24, 2.45) is 4.99 Å². The second-order valence-corrected chi connectivity index (χ2v) is 10.9. The third kappa shape index (κ3) is 3.55. The molecule has 0 saturated heterocycles. The zero-order valence-electron chi connectivity index (χ0n) is 16.4. The van der Waals surface area contributed by atoms with Gasteiger partial charge in [0.1, 0.15) is 10.3 Å². The molecule has 0 saturated carbocycles. The minimum atomic E-state index is -2.67. The van der Waals surface area contributed by atoms with Crippen LogP contribution in [0, 0.1) is 0 Å². The van der Waals surface area contributed by atoms with Crippen LogP contribution in [0.4, 0.5) is 0 Å². The van der Waals surface area contributed by atoms with Gasteiger partial charge in [0.25, 0.3) is 5.91 Å². The Labute approximate surface area is 180 Å². The number of aliphatic imine (C=N–C) groups is 1. The van der Waals surface area contributed by atoms with E-state index in [9.17, 15) is 9.59 Å². The number of hydrogen-bond acceptors (Lipinski definition) is 4. The van der Waals surface area contributed by atoms with E-state index < -0.39 is 12.9 Å². The molecule has 150 valence electrons. The number of carbonyl (C=O) groups is 2. The highest BCUT2D eigenvalue weighted by molar-refractivity contribution is 8.19. The summed E-state index contributed by atoms with van der Waals surface area (Å²) in [5, 5.41) is 3.93. The summed E-state index contributed by atoms with van der Waals surface area (Å²) in [5.41, 5.74) is 0. The summed E-state index contributed by atoms with van der Waals surface area (Å²) in [6.07, 6.45) is 0. The third-order valence-electron chi connectivity index (χ3n) is 4.91. The molecule has 0 bridgehead atoms. The molecule has 1 aliphatic rings. The molecule has 0 unspecified atom stereocenters. The number of thioether (sulfide) groups is 1. The average molecular weight is 433 g/mol. The van der Waals surface area contributed by atoms with Crippen LogP contribution >= 0.6 is 18.6 Å². The number of rotatable bonds is 5. The molecule has 1 aliphatic heterocycles. The van der Waals surface area contributed by atoms with Crippen molar-refractivity contribution in [3.05, 3.63) is 91.0 Å². The number of methoxy groups -OCH3 is 1. The average Bonchev–Trinajstić information content (AvgIpc) is 3.24. The van der Waals surface area contributed by atoms with Gasteiger partial charge in [0.2, 0.25) is 0 Å². The summed E-state index contributed by atoms with van der Waals surface area (Å²) < 4.78 is 5.28. The Morgan fingerprint density at radius 2 is 1.27 bits per heavy atom. The normalized spacial score (nSPS) is 13.6. The number of amides is 1. The predicted molar refractivity (Wildman–Crippen MR) is 127 cm³/mol. The molecule has 0 atom stereocenters. The summed E-state index contributed by atoms with van der Waals surface area (Å²) in [6.45, 7) is -2.67. The molecule has 3 aromatic carbocycles. The van der Waals surface area contributed by atoms with Gasteiger partial charge in [-0.05, 0) is 22.8 Å². The summed E-state index contributed by atoms with van der Waals surface area (Å²) >= 11 is 1.30. The lowest BCUT2D eigenvalue weighted by atomic mass is 10.3. The molecule has 0 aliphatic carbocycles. The van der Waals surface area contributed by atoms with Gasteiger partial charge in [0, 0.05) is 0 Å². The van der Waals surface area contributed by atoms with Crippen molar-refractivity contribution < 1.29 is 14.3 Å². The zero-order chi connectivity index (χ0) is 21.0. The first-order valence-electron chi connectivity index (χ1n) is 9.44. The van der Waals surface area contributed by atoms with E-state index in [0.29, 0.717) is 10.3 Å². The van der Waals surface area contributed by atoms with E-state index in [1.165, 1.54) is 18.9 Å². The van der Waals surface area contributed by atoms with Crippen LogP contribution in [0.25, 0.3) is 0 Å². The van der Waals surface area contributed by atoms with Gasteiger partial charge >= 0.3 is 5.97 Å². The molecule has 4 nitrogen and oxygen atoms in total. The Morgan fingerprint density at radius 3 is 1.60 bits per heavy atom. The van der Waals surface area contributed by atoms with Crippen molar-refractivity contribution in [2.75, 3.05) is 12.9 Å². The predicted octanol–water partition coefficient (Wildman–Crippen LogP) is 3.00. The highest BCUT2D eigenvalue weighted by Crippen LogP contribution is 2.47. The van der Waals surface area contributed by atoms with Gasteiger partial charge in [-0.3, -0.25) is 4.79 Å². The molecule has 0 radical (unpaired) electrons. The first-order valence-corrected chi connectivity index (χ1v) is 12.2. The van der Waals surface area contributed by atoms with Crippen molar-refractivity contribution in [1.82, 2.24) is 0 Å². The Bertz CT molecular complexity index is 1060. The van der Waals surface area contributed by atoms with Gasteiger partial charge in [0.05, 0.1) is 12.9 Å².